The van der Waals surface area contributed by atoms with Crippen LogP contribution in [0.25, 0.3) is 0 Å². The van der Waals surface area contributed by atoms with Crippen LogP contribution >= 0.6 is 0 Å². The molecule has 31 heavy (non-hydrogen) atoms. The number of carbonyl (C=O) groups excluding carboxylic acids is 1. The number of nitrogens with one attached hydrogen (secondary N) is 1. The average Bonchev–Trinajstić information content (AvgIpc) is 2.69. The highest BCUT2D eigenvalue weighted by atomic mass is 16.5. The van der Waals surface area contributed by atoms with Crippen LogP contribution in [0.2, 0.25) is 0 Å². The van der Waals surface area contributed by atoms with Gasteiger partial charge in [-0.1, -0.05) is 13.0 Å². The number of hydrogen-bond donors (Lipinski definition) is 2. The van der Waals surface area contributed by atoms with Crippen molar-refractivity contribution in [2.75, 3.05) is 12.4 Å². The zero-order valence-corrected chi connectivity index (χ0v) is 19.1. The van der Waals surface area contributed by atoms with Crippen molar-refractivity contribution in [3.63, 3.8) is 0 Å². The van der Waals surface area contributed by atoms with Gasteiger partial charge in [0.2, 0.25) is 11.8 Å². The van der Waals surface area contributed by atoms with Crippen molar-refractivity contribution < 1.29 is 24.2 Å². The van der Waals surface area contributed by atoms with Crippen LogP contribution in [0.4, 0.5) is 10.5 Å². The first-order chi connectivity index (χ1) is 14.4. The predicted molar refractivity (Wildman–Crippen MR) is 119 cm³/mol. The van der Waals surface area contributed by atoms with Crippen LogP contribution in [0, 0.1) is 6.92 Å². The third-order valence-electron chi connectivity index (χ3n) is 5.13. The van der Waals surface area contributed by atoms with E-state index < -0.39 is 23.1 Å². The van der Waals surface area contributed by atoms with E-state index in [-0.39, 0.29) is 0 Å². The fourth-order valence-electron chi connectivity index (χ4n) is 3.42. The van der Waals surface area contributed by atoms with Crippen molar-refractivity contribution in [3.8, 4) is 17.4 Å². The Labute approximate surface area is 183 Å². The van der Waals surface area contributed by atoms with Gasteiger partial charge >= 0.3 is 6.09 Å². The number of benzene rings is 1. The zero-order chi connectivity index (χ0) is 23.4. The Balaban J connectivity index is 2.17. The van der Waals surface area contributed by atoms with Crippen LogP contribution < -0.4 is 14.8 Å². The number of carbonyl (C=O) groups is 2. The summed E-state index contributed by atoms with van der Waals surface area (Å²) >= 11 is 0. The van der Waals surface area contributed by atoms with Gasteiger partial charge in [-0.2, -0.15) is 0 Å². The normalized spacial score (nSPS) is 13.1. The number of nitrogens with zero attached hydrogens (tertiary/aromatic N) is 2. The first-order valence-electron chi connectivity index (χ1n) is 10.1. The molecule has 1 heterocycles. The summed E-state index contributed by atoms with van der Waals surface area (Å²) in [5, 5.41) is 12.5. The summed E-state index contributed by atoms with van der Waals surface area (Å²) in [5.41, 5.74) is -0.570. The summed E-state index contributed by atoms with van der Waals surface area (Å²) in [6, 6.07) is 8.76. The largest absolute Gasteiger partial charge is 0.496 e. The number of ether oxygens (including phenoxy) is 2. The Morgan fingerprint density at radius 3 is 2.32 bits per heavy atom. The summed E-state index contributed by atoms with van der Waals surface area (Å²) in [7, 11) is 1.59. The lowest BCUT2D eigenvalue weighted by Gasteiger charge is -2.45. The van der Waals surface area contributed by atoms with Gasteiger partial charge in [-0.15, -0.1) is 0 Å². The van der Waals surface area contributed by atoms with Gasteiger partial charge in [0.1, 0.15) is 17.0 Å². The van der Waals surface area contributed by atoms with Crippen molar-refractivity contribution in [2.45, 2.75) is 59.0 Å². The molecule has 0 spiro atoms. The highest BCUT2D eigenvalue weighted by molar-refractivity contribution is 5.99. The molecule has 0 aliphatic carbocycles. The maximum absolute atomic E-state index is 13.0. The summed E-state index contributed by atoms with van der Waals surface area (Å²) in [4.78, 5) is 30.4. The summed E-state index contributed by atoms with van der Waals surface area (Å²) in [5.74, 6) is 1.21. The maximum Gasteiger partial charge on any atom is 0.408 e. The number of hydrogen-bond acceptors (Lipinski definition) is 5. The highest BCUT2D eigenvalue weighted by Crippen LogP contribution is 2.31. The van der Waals surface area contributed by atoms with Gasteiger partial charge in [-0.25, -0.2) is 9.78 Å². The van der Waals surface area contributed by atoms with Crippen LogP contribution in [-0.2, 0) is 4.79 Å². The highest BCUT2D eigenvalue weighted by Gasteiger charge is 2.46. The topological polar surface area (TPSA) is 101 Å². The molecule has 1 atom stereocenters. The number of rotatable bonds is 7. The number of amides is 2. The van der Waals surface area contributed by atoms with E-state index in [2.05, 4.69) is 10.3 Å². The van der Waals surface area contributed by atoms with Crippen LogP contribution in [0.5, 0.6) is 17.4 Å². The second kappa shape index (κ2) is 9.24. The van der Waals surface area contributed by atoms with E-state index in [1.165, 1.54) is 11.1 Å². The molecule has 1 aromatic carbocycles. The molecule has 0 aliphatic rings. The number of anilines is 1. The lowest BCUT2D eigenvalue weighted by atomic mass is 9.89. The average molecular weight is 430 g/mol. The van der Waals surface area contributed by atoms with Gasteiger partial charge in [0.05, 0.1) is 19.0 Å². The Morgan fingerprint density at radius 1 is 1.16 bits per heavy atom. The molecule has 0 saturated heterocycles. The minimum atomic E-state index is -1.25. The Kier molecular flexibility index (Phi) is 7.15. The predicted octanol–water partition coefficient (Wildman–Crippen LogP) is 5.08. The minimum Gasteiger partial charge on any atom is -0.496 e. The summed E-state index contributed by atoms with van der Waals surface area (Å²) < 4.78 is 11.0. The maximum atomic E-state index is 13.0. The third-order valence-corrected chi connectivity index (χ3v) is 5.13. The van der Waals surface area contributed by atoms with Crippen molar-refractivity contribution in [1.82, 2.24) is 9.88 Å². The van der Waals surface area contributed by atoms with Crippen molar-refractivity contribution in [2.24, 2.45) is 0 Å². The number of aryl methyl sites for hydroxylation is 1. The molecule has 0 unspecified atom stereocenters. The van der Waals surface area contributed by atoms with E-state index in [1.807, 2.05) is 19.1 Å². The first-order valence-corrected chi connectivity index (χ1v) is 10.1. The molecule has 1 aromatic heterocycles. The lowest BCUT2D eigenvalue weighted by molar-refractivity contribution is -0.129. The molecule has 0 saturated carbocycles. The van der Waals surface area contributed by atoms with Crippen molar-refractivity contribution in [1.29, 1.82) is 0 Å². The monoisotopic (exact) mass is 429 g/mol. The SMILES string of the molecule is CC[C@](C)(C(=O)Nc1ccc(Oc2ccc(C)c(OC)c2)nc1)N(C(=O)O)C(C)(C)C. The number of aromatic nitrogens is 1. The molecule has 0 aliphatic heterocycles. The fourth-order valence-corrected chi connectivity index (χ4v) is 3.42. The van der Waals surface area contributed by atoms with E-state index >= 15 is 0 Å². The minimum absolute atomic E-state index is 0.312. The molecule has 2 N–H and O–H groups in total. The molecule has 2 aromatic rings. The van der Waals surface area contributed by atoms with E-state index in [1.54, 1.807) is 59.9 Å². The second-order valence-corrected chi connectivity index (χ2v) is 8.49. The second-order valence-electron chi connectivity index (χ2n) is 8.49. The molecular weight excluding hydrogens is 398 g/mol. The Hall–Kier alpha value is -3.29. The molecular formula is C23H31N3O5. The van der Waals surface area contributed by atoms with Crippen LogP contribution in [0.1, 0.15) is 46.6 Å². The van der Waals surface area contributed by atoms with E-state index in [0.29, 0.717) is 29.5 Å². The number of carboxylic acid groups (broad SMARTS) is 1. The van der Waals surface area contributed by atoms with Gasteiger partial charge in [0, 0.05) is 17.7 Å². The van der Waals surface area contributed by atoms with E-state index in [0.717, 1.165) is 5.56 Å². The summed E-state index contributed by atoms with van der Waals surface area (Å²) in [6.07, 6.45) is 0.630. The molecule has 0 fully saturated rings. The van der Waals surface area contributed by atoms with E-state index in [4.69, 9.17) is 9.47 Å². The lowest BCUT2D eigenvalue weighted by Crippen LogP contribution is -2.63. The van der Waals surface area contributed by atoms with Crippen molar-refractivity contribution in [3.05, 3.63) is 42.1 Å². The Bertz CT molecular complexity index is 937. The number of pyridine rings is 1. The van der Waals surface area contributed by atoms with Crippen LogP contribution in [0.3, 0.4) is 0 Å². The molecule has 168 valence electrons. The Morgan fingerprint density at radius 2 is 1.84 bits per heavy atom. The fraction of sp³-hybridized carbons (Fsp3) is 0.435. The molecule has 8 heteroatoms. The van der Waals surface area contributed by atoms with Crippen LogP contribution in [0.15, 0.2) is 36.5 Å². The zero-order valence-electron chi connectivity index (χ0n) is 19.1. The van der Waals surface area contributed by atoms with Gasteiger partial charge in [-0.3, -0.25) is 9.69 Å². The smallest absolute Gasteiger partial charge is 0.408 e. The van der Waals surface area contributed by atoms with Crippen LogP contribution in [-0.4, -0.2) is 45.2 Å². The molecule has 2 amide bonds. The quantitative estimate of drug-likeness (QED) is 0.637. The summed E-state index contributed by atoms with van der Waals surface area (Å²) in [6.45, 7) is 10.6. The molecule has 0 radical (unpaired) electrons. The van der Waals surface area contributed by atoms with Gasteiger partial charge < -0.3 is 19.9 Å². The standard InChI is InChI=1S/C23H31N3O5/c1-8-23(6,26(21(28)29)22(3,4)5)20(27)25-16-10-12-19(24-14-16)31-17-11-9-15(2)18(13-17)30-7/h9-14H,8H2,1-7H3,(H,25,27)(H,28,29)/t23-/m1/s1. The van der Waals surface area contributed by atoms with Gasteiger partial charge in [0.15, 0.2) is 0 Å². The third kappa shape index (κ3) is 5.45. The molecule has 0 bridgehead atoms. The van der Waals surface area contributed by atoms with E-state index in [9.17, 15) is 14.7 Å². The van der Waals surface area contributed by atoms with Gasteiger partial charge in [0.25, 0.3) is 0 Å². The molecule has 8 nitrogen and oxygen atoms in total. The number of methoxy groups -OCH3 is 1. The molecule has 2 rings (SSSR count). The first kappa shape index (κ1) is 24.0. The van der Waals surface area contributed by atoms with Crippen molar-refractivity contribution >= 4 is 17.7 Å². The van der Waals surface area contributed by atoms with Gasteiger partial charge in [-0.05, 0) is 58.7 Å².